The van der Waals surface area contributed by atoms with Gasteiger partial charge in [-0.2, -0.15) is 0 Å². The van der Waals surface area contributed by atoms with Crippen LogP contribution in [0.4, 0.5) is 10.6 Å². The van der Waals surface area contributed by atoms with E-state index in [4.69, 9.17) is 47.4 Å². The predicted octanol–water partition coefficient (Wildman–Crippen LogP) is 4.46. The second-order valence-electron chi connectivity index (χ2n) is 9.75. The number of esters is 1. The van der Waals surface area contributed by atoms with Crippen molar-refractivity contribution < 1.29 is 23.8 Å². The fraction of sp³-hybridized carbons (Fsp3) is 0.571. The van der Waals surface area contributed by atoms with E-state index in [-0.39, 0.29) is 31.6 Å². The Hall–Kier alpha value is -2.66. The summed E-state index contributed by atoms with van der Waals surface area (Å²) in [6.45, 7) is 10.2. The number of amides is 1. The second kappa shape index (κ2) is 14.3. The summed E-state index contributed by atoms with van der Waals surface area (Å²) in [6.07, 6.45) is 0.487. The van der Waals surface area contributed by atoms with E-state index in [1.165, 1.54) is 0 Å². The number of benzene rings is 1. The second-order valence-corrected chi connectivity index (χ2v) is 10.6. The van der Waals surface area contributed by atoms with E-state index in [9.17, 15) is 9.59 Å². The third-order valence-corrected chi connectivity index (χ3v) is 7.60. The fourth-order valence-corrected chi connectivity index (χ4v) is 5.30. The zero-order valence-corrected chi connectivity index (χ0v) is 24.8. The van der Waals surface area contributed by atoms with Gasteiger partial charge in [0.05, 0.1) is 47.9 Å². The maximum Gasteiger partial charge on any atom is 0.410 e. The minimum Gasteiger partial charge on any atom is -0.458 e. The number of likely N-dealkylation sites (tertiary alicyclic amines) is 1. The zero-order chi connectivity index (χ0) is 28.6. The summed E-state index contributed by atoms with van der Waals surface area (Å²) in [7, 11) is 0. The predicted molar refractivity (Wildman–Crippen MR) is 154 cm³/mol. The maximum absolute atomic E-state index is 12.9. The molecule has 0 bridgehead atoms. The number of nitrogens with zero attached hydrogens (tertiary/aromatic N) is 4. The molecule has 0 aliphatic carbocycles. The molecule has 1 aromatic heterocycles. The minimum absolute atomic E-state index is 0.230. The van der Waals surface area contributed by atoms with Crippen molar-refractivity contribution in [1.29, 1.82) is 0 Å². The van der Waals surface area contributed by atoms with Gasteiger partial charge in [0, 0.05) is 43.2 Å². The van der Waals surface area contributed by atoms with Crippen molar-refractivity contribution >= 4 is 41.1 Å². The first-order chi connectivity index (χ1) is 19.3. The van der Waals surface area contributed by atoms with E-state index >= 15 is 0 Å². The van der Waals surface area contributed by atoms with Crippen molar-refractivity contribution in [2.75, 3.05) is 57.9 Å². The van der Waals surface area contributed by atoms with Crippen LogP contribution in [0, 0.1) is 0 Å². The molecular formula is C28H37Cl2N5O5. The Balaban J connectivity index is 1.50. The van der Waals surface area contributed by atoms with Crippen molar-refractivity contribution in [3.05, 3.63) is 39.6 Å². The van der Waals surface area contributed by atoms with E-state index < -0.39 is 12.2 Å². The molecule has 2 aliphatic rings. The third kappa shape index (κ3) is 7.54. The van der Waals surface area contributed by atoms with Crippen LogP contribution in [0.2, 0.25) is 10.0 Å². The first-order valence-corrected chi connectivity index (χ1v) is 14.6. The minimum atomic E-state index is -0.554. The fourth-order valence-electron chi connectivity index (χ4n) is 4.80. The molecule has 1 amide bonds. The first-order valence-electron chi connectivity index (χ1n) is 13.9. The summed E-state index contributed by atoms with van der Waals surface area (Å²) in [5.41, 5.74) is 2.98. The van der Waals surface area contributed by atoms with E-state index in [0.29, 0.717) is 60.7 Å². The Morgan fingerprint density at radius 3 is 2.50 bits per heavy atom. The molecule has 4 rings (SSSR count). The van der Waals surface area contributed by atoms with E-state index in [1.807, 2.05) is 19.9 Å². The number of nitrogens with one attached hydrogen (secondary N) is 1. The van der Waals surface area contributed by atoms with Crippen molar-refractivity contribution in [3.8, 4) is 11.3 Å². The Morgan fingerprint density at radius 1 is 1.07 bits per heavy atom. The lowest BCUT2D eigenvalue weighted by Gasteiger charge is -2.26. The van der Waals surface area contributed by atoms with Crippen LogP contribution >= 0.6 is 23.2 Å². The summed E-state index contributed by atoms with van der Waals surface area (Å²) in [4.78, 5) is 38.7. The molecule has 3 heterocycles. The molecule has 0 unspecified atom stereocenters. The number of hydrogen-bond donors (Lipinski definition) is 1. The van der Waals surface area contributed by atoms with Crippen LogP contribution in [-0.4, -0.2) is 96.5 Å². The molecule has 2 aromatic rings. The number of rotatable bonds is 10. The first kappa shape index (κ1) is 30.3. The Morgan fingerprint density at radius 2 is 1.82 bits per heavy atom. The molecule has 0 radical (unpaired) electrons. The lowest BCUT2D eigenvalue weighted by Crippen LogP contribution is -2.39. The lowest BCUT2D eigenvalue weighted by molar-refractivity contribution is -0.148. The number of aryl methyl sites for hydroxylation is 2. The van der Waals surface area contributed by atoms with Crippen LogP contribution in [0.1, 0.15) is 38.6 Å². The number of anilines is 1. The van der Waals surface area contributed by atoms with Crippen LogP contribution in [0.5, 0.6) is 0 Å². The number of carbonyl (C=O) groups excluding carboxylic acids is 2. The molecular weight excluding hydrogens is 557 g/mol. The Bertz CT molecular complexity index is 1190. The van der Waals surface area contributed by atoms with Gasteiger partial charge in [0.1, 0.15) is 18.5 Å². The molecule has 1 aromatic carbocycles. The summed E-state index contributed by atoms with van der Waals surface area (Å²) in [5, 5.41) is 4.49. The number of carbonyl (C=O) groups is 2. The monoisotopic (exact) mass is 593 g/mol. The van der Waals surface area contributed by atoms with Gasteiger partial charge in [-0.3, -0.25) is 9.69 Å². The molecule has 2 fully saturated rings. The number of morpholine rings is 1. The van der Waals surface area contributed by atoms with Crippen LogP contribution in [0.15, 0.2) is 18.2 Å². The molecule has 218 valence electrons. The third-order valence-electron chi connectivity index (χ3n) is 7.05. The quantitative estimate of drug-likeness (QED) is 0.399. The van der Waals surface area contributed by atoms with Gasteiger partial charge in [-0.1, -0.05) is 44.0 Å². The SMILES string of the molecule is CCC(=O)O[C@H]1CN(C(=O)OCCN2CCOCC2)C[C@H]1Nc1nc(CC)c(-c2ccc(Cl)cc2Cl)nc1CC. The average molecular weight is 595 g/mol. The molecule has 10 nitrogen and oxygen atoms in total. The number of hydrogen-bond acceptors (Lipinski definition) is 9. The topological polar surface area (TPSA) is 106 Å². The highest BCUT2D eigenvalue weighted by molar-refractivity contribution is 6.36. The smallest absolute Gasteiger partial charge is 0.410 e. The van der Waals surface area contributed by atoms with Gasteiger partial charge in [0.2, 0.25) is 0 Å². The van der Waals surface area contributed by atoms with Crippen molar-refractivity contribution in [2.45, 2.75) is 52.2 Å². The van der Waals surface area contributed by atoms with Gasteiger partial charge >= 0.3 is 12.1 Å². The molecule has 12 heteroatoms. The highest BCUT2D eigenvalue weighted by Gasteiger charge is 2.39. The molecule has 2 saturated heterocycles. The molecule has 2 aliphatic heterocycles. The largest absolute Gasteiger partial charge is 0.458 e. The van der Waals surface area contributed by atoms with Crippen molar-refractivity contribution in [1.82, 2.24) is 19.8 Å². The molecule has 40 heavy (non-hydrogen) atoms. The van der Waals surface area contributed by atoms with Crippen LogP contribution in [-0.2, 0) is 31.8 Å². The molecule has 0 saturated carbocycles. The van der Waals surface area contributed by atoms with E-state index in [0.717, 1.165) is 30.0 Å². The summed E-state index contributed by atoms with van der Waals surface area (Å²) >= 11 is 12.6. The van der Waals surface area contributed by atoms with Crippen molar-refractivity contribution in [2.24, 2.45) is 0 Å². The highest BCUT2D eigenvalue weighted by atomic mass is 35.5. The summed E-state index contributed by atoms with van der Waals surface area (Å²) < 4.78 is 16.6. The van der Waals surface area contributed by atoms with Gasteiger partial charge in [0.25, 0.3) is 0 Å². The van der Waals surface area contributed by atoms with Crippen LogP contribution in [0.3, 0.4) is 0 Å². The molecule has 2 atom stereocenters. The van der Waals surface area contributed by atoms with Gasteiger partial charge < -0.3 is 24.4 Å². The van der Waals surface area contributed by atoms with Crippen molar-refractivity contribution in [3.63, 3.8) is 0 Å². The van der Waals surface area contributed by atoms with Gasteiger partial charge in [-0.25, -0.2) is 14.8 Å². The molecule has 0 spiro atoms. The van der Waals surface area contributed by atoms with E-state index in [1.54, 1.807) is 24.0 Å². The summed E-state index contributed by atoms with van der Waals surface area (Å²) in [5.74, 6) is 0.265. The van der Waals surface area contributed by atoms with Crippen LogP contribution < -0.4 is 5.32 Å². The van der Waals surface area contributed by atoms with E-state index in [2.05, 4.69) is 10.2 Å². The number of halogens is 2. The Kier molecular flexibility index (Phi) is 10.8. The normalized spacial score (nSPS) is 19.5. The highest BCUT2D eigenvalue weighted by Crippen LogP contribution is 2.33. The summed E-state index contributed by atoms with van der Waals surface area (Å²) in [6, 6.07) is 4.94. The number of ether oxygens (including phenoxy) is 3. The van der Waals surface area contributed by atoms with Gasteiger partial charge in [-0.05, 0) is 31.0 Å². The number of aromatic nitrogens is 2. The zero-order valence-electron chi connectivity index (χ0n) is 23.3. The average Bonchev–Trinajstić information content (AvgIpc) is 3.35. The van der Waals surface area contributed by atoms with Gasteiger partial charge in [-0.15, -0.1) is 0 Å². The Labute approximate surface area is 245 Å². The van der Waals surface area contributed by atoms with Crippen LogP contribution in [0.25, 0.3) is 11.3 Å². The maximum atomic E-state index is 12.9. The standard InChI is InChI=1S/C28H37Cl2N5O5/c1-4-21-26(19-8-7-18(29)15-20(19)30)31-22(5-2)27(32-21)33-23-16-35(17-24(23)40-25(36)6-3)28(37)39-14-11-34-9-12-38-13-10-34/h7-8,15,23-24H,4-6,9-14,16-17H2,1-3H3,(H,32,33)/t23-,24+/m1/s1. The lowest BCUT2D eigenvalue weighted by atomic mass is 10.1. The molecule has 1 N–H and O–H groups in total. The van der Waals surface area contributed by atoms with Gasteiger partial charge in [0.15, 0.2) is 0 Å².